The van der Waals surface area contributed by atoms with Gasteiger partial charge in [-0.25, -0.2) is 0 Å². The maximum Gasteiger partial charge on any atom is 0.251 e. The second-order valence-corrected chi connectivity index (χ2v) is 5.49. The number of amides is 3. The Labute approximate surface area is 152 Å². The molecule has 0 saturated heterocycles. The molecular weight excluding hydrogens is 330 g/mol. The van der Waals surface area contributed by atoms with Crippen LogP contribution in [0.4, 0.5) is 5.69 Å². The molecule has 2 aromatic carbocycles. The van der Waals surface area contributed by atoms with E-state index in [1.807, 2.05) is 30.3 Å². The van der Waals surface area contributed by atoms with Crippen molar-refractivity contribution in [2.24, 2.45) is 0 Å². The van der Waals surface area contributed by atoms with E-state index in [0.717, 1.165) is 5.56 Å². The second-order valence-electron chi connectivity index (χ2n) is 5.49. The largest absolute Gasteiger partial charge is 0.355 e. The van der Waals surface area contributed by atoms with Gasteiger partial charge in [-0.05, 0) is 35.9 Å². The first-order valence-corrected chi connectivity index (χ1v) is 8.21. The maximum absolute atomic E-state index is 11.9. The van der Waals surface area contributed by atoms with Crippen molar-refractivity contribution in [3.05, 3.63) is 71.8 Å². The Bertz CT molecular complexity index is 784. The number of carbonyl (C=O) groups excluding carboxylic acids is 3. The number of rotatable bonds is 7. The molecule has 0 atom stereocenters. The highest BCUT2D eigenvalue weighted by Crippen LogP contribution is 2.09. The first kappa shape index (κ1) is 18.9. The van der Waals surface area contributed by atoms with E-state index in [0.29, 0.717) is 11.3 Å². The zero-order chi connectivity index (χ0) is 18.8. The highest BCUT2D eigenvalue weighted by Gasteiger charge is 2.05. The summed E-state index contributed by atoms with van der Waals surface area (Å²) >= 11 is 0. The van der Waals surface area contributed by atoms with Crippen molar-refractivity contribution in [3.8, 4) is 0 Å². The predicted molar refractivity (Wildman–Crippen MR) is 102 cm³/mol. The minimum absolute atomic E-state index is 0.155. The highest BCUT2D eigenvalue weighted by molar-refractivity contribution is 5.96. The van der Waals surface area contributed by atoms with Gasteiger partial charge < -0.3 is 16.0 Å². The minimum Gasteiger partial charge on any atom is -0.355 e. The van der Waals surface area contributed by atoms with E-state index < -0.39 is 0 Å². The van der Waals surface area contributed by atoms with E-state index in [-0.39, 0.29) is 30.7 Å². The van der Waals surface area contributed by atoms with Gasteiger partial charge in [0.15, 0.2) is 0 Å². The smallest absolute Gasteiger partial charge is 0.251 e. The molecule has 0 unspecified atom stereocenters. The molecule has 6 nitrogen and oxygen atoms in total. The van der Waals surface area contributed by atoms with Gasteiger partial charge >= 0.3 is 0 Å². The van der Waals surface area contributed by atoms with Crippen molar-refractivity contribution in [2.45, 2.75) is 6.42 Å². The van der Waals surface area contributed by atoms with Crippen LogP contribution in [0.1, 0.15) is 22.3 Å². The highest BCUT2D eigenvalue weighted by atomic mass is 16.2. The summed E-state index contributed by atoms with van der Waals surface area (Å²) in [6, 6.07) is 16.1. The first-order chi connectivity index (χ1) is 12.6. The molecule has 0 fully saturated rings. The zero-order valence-electron chi connectivity index (χ0n) is 14.5. The van der Waals surface area contributed by atoms with Crippen molar-refractivity contribution >= 4 is 29.5 Å². The summed E-state index contributed by atoms with van der Waals surface area (Å²) in [5, 5.41) is 7.91. The van der Waals surface area contributed by atoms with Crippen molar-refractivity contribution in [1.82, 2.24) is 10.6 Å². The Hall–Kier alpha value is -3.41. The Morgan fingerprint density at radius 1 is 0.962 bits per heavy atom. The van der Waals surface area contributed by atoms with E-state index in [1.54, 1.807) is 37.4 Å². The summed E-state index contributed by atoms with van der Waals surface area (Å²) in [4.78, 5) is 35.1. The number of benzene rings is 2. The van der Waals surface area contributed by atoms with E-state index in [9.17, 15) is 14.4 Å². The lowest BCUT2D eigenvalue weighted by atomic mass is 10.2. The van der Waals surface area contributed by atoms with Crippen LogP contribution < -0.4 is 16.0 Å². The summed E-state index contributed by atoms with van der Waals surface area (Å²) in [5.41, 5.74) is 2.04. The Morgan fingerprint density at radius 3 is 2.31 bits per heavy atom. The quantitative estimate of drug-likeness (QED) is 0.668. The molecule has 2 aromatic rings. The van der Waals surface area contributed by atoms with Crippen LogP contribution in [0.3, 0.4) is 0 Å². The lowest BCUT2D eigenvalue weighted by Gasteiger charge is -2.06. The van der Waals surface area contributed by atoms with Gasteiger partial charge in [0.05, 0.1) is 0 Å². The number of hydrogen-bond acceptors (Lipinski definition) is 3. The summed E-state index contributed by atoms with van der Waals surface area (Å²) in [7, 11) is 1.56. The van der Waals surface area contributed by atoms with Crippen molar-refractivity contribution < 1.29 is 14.4 Å². The van der Waals surface area contributed by atoms with Crippen LogP contribution in [0.25, 0.3) is 6.08 Å². The lowest BCUT2D eigenvalue weighted by molar-refractivity contribution is -0.117. The fraction of sp³-hybridized carbons (Fsp3) is 0.150. The first-order valence-electron chi connectivity index (χ1n) is 8.21. The average Bonchev–Trinajstić information content (AvgIpc) is 2.67. The van der Waals surface area contributed by atoms with Gasteiger partial charge in [0, 0.05) is 37.3 Å². The van der Waals surface area contributed by atoms with Crippen LogP contribution in [-0.2, 0) is 9.59 Å². The fourth-order valence-electron chi connectivity index (χ4n) is 2.17. The summed E-state index contributed by atoms with van der Waals surface area (Å²) < 4.78 is 0. The van der Waals surface area contributed by atoms with E-state index in [1.165, 1.54) is 6.08 Å². The third-order valence-corrected chi connectivity index (χ3v) is 3.54. The number of nitrogens with one attached hydrogen (secondary N) is 3. The molecule has 0 spiro atoms. The normalized spacial score (nSPS) is 10.3. The Balaban J connectivity index is 1.72. The molecule has 0 aromatic heterocycles. The van der Waals surface area contributed by atoms with E-state index in [4.69, 9.17) is 0 Å². The van der Waals surface area contributed by atoms with Crippen molar-refractivity contribution in [3.63, 3.8) is 0 Å². The molecule has 0 aliphatic heterocycles. The molecule has 3 amide bonds. The van der Waals surface area contributed by atoms with Gasteiger partial charge in [0.25, 0.3) is 5.91 Å². The number of anilines is 1. The van der Waals surface area contributed by atoms with Crippen molar-refractivity contribution in [2.75, 3.05) is 18.9 Å². The van der Waals surface area contributed by atoms with Crippen molar-refractivity contribution in [1.29, 1.82) is 0 Å². The topological polar surface area (TPSA) is 87.3 Å². The molecule has 26 heavy (non-hydrogen) atoms. The summed E-state index contributed by atoms with van der Waals surface area (Å²) in [6.45, 7) is 0.236. The molecule has 0 heterocycles. The van der Waals surface area contributed by atoms with Crippen LogP contribution in [-0.4, -0.2) is 31.3 Å². The molecular formula is C20H21N3O3. The summed E-state index contributed by atoms with van der Waals surface area (Å²) in [6.07, 6.45) is 3.30. The summed E-state index contributed by atoms with van der Waals surface area (Å²) in [5.74, 6) is -0.657. The minimum atomic E-state index is -0.253. The fourth-order valence-corrected chi connectivity index (χ4v) is 2.17. The molecule has 6 heteroatoms. The third-order valence-electron chi connectivity index (χ3n) is 3.54. The van der Waals surface area contributed by atoms with Crippen LogP contribution in [0, 0.1) is 0 Å². The third kappa shape index (κ3) is 6.24. The Morgan fingerprint density at radius 2 is 1.65 bits per heavy atom. The SMILES string of the molecule is CNC(=O)c1ccc(NC(=O)CCNC(=O)/C=C/c2ccccc2)cc1. The number of hydrogen-bond donors (Lipinski definition) is 3. The van der Waals surface area contributed by atoms with Gasteiger partial charge in [0.1, 0.15) is 0 Å². The number of carbonyl (C=O) groups is 3. The molecule has 0 bridgehead atoms. The maximum atomic E-state index is 11.9. The average molecular weight is 351 g/mol. The molecule has 0 aliphatic rings. The molecule has 0 radical (unpaired) electrons. The van der Waals surface area contributed by atoms with Gasteiger partial charge in [-0.2, -0.15) is 0 Å². The lowest BCUT2D eigenvalue weighted by Crippen LogP contribution is -2.26. The molecule has 2 rings (SSSR count). The molecule has 3 N–H and O–H groups in total. The zero-order valence-corrected chi connectivity index (χ0v) is 14.5. The van der Waals surface area contributed by atoms with Gasteiger partial charge in [-0.15, -0.1) is 0 Å². The van der Waals surface area contributed by atoms with Gasteiger partial charge in [0.2, 0.25) is 11.8 Å². The standard InChI is InChI=1S/C20H21N3O3/c1-21-20(26)16-8-10-17(11-9-16)23-19(25)13-14-22-18(24)12-7-15-5-3-2-4-6-15/h2-12H,13-14H2,1H3,(H,21,26)(H,22,24)(H,23,25)/b12-7+. The molecule has 0 saturated carbocycles. The monoisotopic (exact) mass is 351 g/mol. The molecule has 0 aliphatic carbocycles. The van der Waals surface area contributed by atoms with E-state index in [2.05, 4.69) is 16.0 Å². The van der Waals surface area contributed by atoms with Crippen LogP contribution in [0.15, 0.2) is 60.7 Å². The second kappa shape index (κ2) is 9.78. The van der Waals surface area contributed by atoms with Crippen LogP contribution in [0.2, 0.25) is 0 Å². The van der Waals surface area contributed by atoms with E-state index >= 15 is 0 Å². The predicted octanol–water partition coefficient (Wildman–Crippen LogP) is 2.20. The van der Waals surface area contributed by atoms with Gasteiger partial charge in [-0.1, -0.05) is 30.3 Å². The van der Waals surface area contributed by atoms with Crippen LogP contribution in [0.5, 0.6) is 0 Å². The van der Waals surface area contributed by atoms with Crippen LogP contribution >= 0.6 is 0 Å². The van der Waals surface area contributed by atoms with Gasteiger partial charge in [-0.3, -0.25) is 14.4 Å². The Kier molecular flexibility index (Phi) is 7.12. The molecule has 134 valence electrons.